The van der Waals surface area contributed by atoms with Crippen LogP contribution in [0.25, 0.3) is 0 Å². The maximum atomic E-state index is 12.6. The number of nitrogens with zero attached hydrogens (tertiary/aromatic N) is 3. The zero-order valence-corrected chi connectivity index (χ0v) is 18.6. The highest BCUT2D eigenvalue weighted by atomic mass is 32.2. The monoisotopic (exact) mass is 456 g/mol. The van der Waals surface area contributed by atoms with Gasteiger partial charge >= 0.3 is 0 Å². The molecule has 0 unspecified atom stereocenters. The van der Waals surface area contributed by atoms with Crippen molar-refractivity contribution < 1.29 is 17.9 Å². The van der Waals surface area contributed by atoms with Crippen LogP contribution in [0.15, 0.2) is 47.5 Å². The van der Waals surface area contributed by atoms with Crippen LogP contribution in [0, 0.1) is 13.8 Å². The van der Waals surface area contributed by atoms with E-state index in [1.807, 2.05) is 19.1 Å². The summed E-state index contributed by atoms with van der Waals surface area (Å²) in [6.45, 7) is 5.11. The van der Waals surface area contributed by atoms with Crippen molar-refractivity contribution >= 4 is 27.5 Å². The molecule has 0 fully saturated rings. The number of nitrogens with one attached hydrogen (secondary N) is 3. The van der Waals surface area contributed by atoms with E-state index in [2.05, 4.69) is 30.3 Å². The molecule has 1 aliphatic heterocycles. The molecule has 4 rings (SSSR count). The lowest BCUT2D eigenvalue weighted by Gasteiger charge is -2.19. The maximum Gasteiger partial charge on any atom is 0.240 e. The van der Waals surface area contributed by atoms with Gasteiger partial charge in [0, 0.05) is 31.4 Å². The molecule has 168 valence electrons. The van der Waals surface area contributed by atoms with Crippen LogP contribution in [0.3, 0.4) is 0 Å². The molecule has 10 nitrogen and oxygen atoms in total. The lowest BCUT2D eigenvalue weighted by molar-refractivity contribution is 0.171. The van der Waals surface area contributed by atoms with Crippen LogP contribution in [0.1, 0.15) is 11.4 Å². The highest BCUT2D eigenvalue weighted by Crippen LogP contribution is 2.32. The summed E-state index contributed by atoms with van der Waals surface area (Å²) in [4.78, 5) is 13.1. The number of ether oxygens (including phenoxy) is 2. The Labute approximate surface area is 186 Å². The number of sulfonamides is 1. The fraction of sp³-hybridized carbons (Fsp3) is 0.286. The second kappa shape index (κ2) is 9.37. The zero-order valence-electron chi connectivity index (χ0n) is 17.8. The van der Waals surface area contributed by atoms with E-state index in [0.717, 1.165) is 5.56 Å². The number of aromatic nitrogens is 3. The van der Waals surface area contributed by atoms with E-state index in [1.54, 1.807) is 25.3 Å². The predicted octanol–water partition coefficient (Wildman–Crippen LogP) is 2.39. The summed E-state index contributed by atoms with van der Waals surface area (Å²) in [6, 6.07) is 10.1. The van der Waals surface area contributed by atoms with Gasteiger partial charge in [-0.05, 0) is 43.7 Å². The van der Waals surface area contributed by atoms with Gasteiger partial charge in [0.1, 0.15) is 36.5 Å². The molecule has 0 aliphatic carbocycles. The largest absolute Gasteiger partial charge is 0.486 e. The van der Waals surface area contributed by atoms with E-state index in [4.69, 9.17) is 9.47 Å². The van der Waals surface area contributed by atoms with Crippen LogP contribution in [0.2, 0.25) is 0 Å². The molecule has 32 heavy (non-hydrogen) atoms. The van der Waals surface area contributed by atoms with Gasteiger partial charge in [0.2, 0.25) is 10.0 Å². The molecule has 0 saturated heterocycles. The van der Waals surface area contributed by atoms with E-state index < -0.39 is 10.0 Å². The van der Waals surface area contributed by atoms with E-state index >= 15 is 0 Å². The lowest BCUT2D eigenvalue weighted by Crippen LogP contribution is -2.29. The minimum absolute atomic E-state index is 0.122. The molecule has 2 aromatic heterocycles. The molecule has 0 spiro atoms. The van der Waals surface area contributed by atoms with Crippen molar-refractivity contribution in [2.75, 3.05) is 36.9 Å². The Balaban J connectivity index is 1.34. The number of benzene rings is 1. The van der Waals surface area contributed by atoms with Gasteiger partial charge in [-0.2, -0.15) is 0 Å². The third-order valence-corrected chi connectivity index (χ3v) is 6.02. The number of hydrogen-bond donors (Lipinski definition) is 3. The van der Waals surface area contributed by atoms with Gasteiger partial charge in [0.05, 0.1) is 4.90 Å². The number of pyridine rings is 1. The molecule has 0 amide bonds. The van der Waals surface area contributed by atoms with Crippen molar-refractivity contribution in [2.45, 2.75) is 18.7 Å². The topological polar surface area (TPSA) is 127 Å². The predicted molar refractivity (Wildman–Crippen MR) is 120 cm³/mol. The fourth-order valence-corrected chi connectivity index (χ4v) is 4.16. The normalized spacial score (nSPS) is 12.9. The third-order valence-electron chi connectivity index (χ3n) is 4.56. The van der Waals surface area contributed by atoms with E-state index in [9.17, 15) is 8.42 Å². The van der Waals surface area contributed by atoms with Gasteiger partial charge in [-0.15, -0.1) is 0 Å². The number of aryl methyl sites for hydroxylation is 2. The van der Waals surface area contributed by atoms with Crippen molar-refractivity contribution in [3.63, 3.8) is 0 Å². The summed E-state index contributed by atoms with van der Waals surface area (Å²) < 4.78 is 38.6. The highest BCUT2D eigenvalue weighted by Gasteiger charge is 2.19. The molecule has 0 atom stereocenters. The summed E-state index contributed by atoms with van der Waals surface area (Å²) in [5.74, 6) is 3.39. The first kappa shape index (κ1) is 21.8. The first-order chi connectivity index (χ1) is 15.4. The molecular weight excluding hydrogens is 432 g/mol. The maximum absolute atomic E-state index is 12.6. The van der Waals surface area contributed by atoms with Crippen molar-refractivity contribution in [1.82, 2.24) is 19.7 Å². The second-order valence-electron chi connectivity index (χ2n) is 7.16. The van der Waals surface area contributed by atoms with Crippen molar-refractivity contribution in [3.05, 3.63) is 54.0 Å². The number of anilines is 3. The molecule has 1 aliphatic rings. The Kier molecular flexibility index (Phi) is 6.37. The zero-order chi connectivity index (χ0) is 22.6. The molecule has 3 heterocycles. The number of rotatable bonds is 8. The lowest BCUT2D eigenvalue weighted by atomic mass is 10.3. The molecule has 0 saturated carbocycles. The summed E-state index contributed by atoms with van der Waals surface area (Å²) in [6.07, 6.45) is 1.72. The molecule has 1 aromatic carbocycles. The van der Waals surface area contributed by atoms with Gasteiger partial charge in [0.15, 0.2) is 11.5 Å². The Morgan fingerprint density at radius 1 is 0.906 bits per heavy atom. The van der Waals surface area contributed by atoms with Crippen LogP contribution < -0.4 is 24.8 Å². The smallest absolute Gasteiger partial charge is 0.240 e. The third kappa shape index (κ3) is 5.42. The molecular formula is C21H24N6O4S. The first-order valence-corrected chi connectivity index (χ1v) is 11.6. The van der Waals surface area contributed by atoms with Gasteiger partial charge in [0.25, 0.3) is 0 Å². The second-order valence-corrected chi connectivity index (χ2v) is 8.93. The molecule has 0 radical (unpaired) electrons. The molecule has 3 N–H and O–H groups in total. The Morgan fingerprint density at radius 3 is 2.50 bits per heavy atom. The average molecular weight is 457 g/mol. The van der Waals surface area contributed by atoms with Crippen LogP contribution in [0.5, 0.6) is 11.5 Å². The Bertz CT molecular complexity index is 1220. The number of hydrogen-bond acceptors (Lipinski definition) is 9. The van der Waals surface area contributed by atoms with E-state index in [1.165, 1.54) is 12.1 Å². The quantitative estimate of drug-likeness (QED) is 0.438. The standard InChI is InChI=1S/C21H24N6O4S/c1-14-5-6-22-19(11-14)27-21-13-20(25-15(2)26-21)23-7-8-24-32(28,29)16-3-4-17-18(12-16)31-10-9-30-17/h3-6,11-13,24H,7-10H2,1-2H3,(H2,22,23,25,26,27). The summed E-state index contributed by atoms with van der Waals surface area (Å²) in [7, 11) is -3.69. The van der Waals surface area contributed by atoms with Crippen LogP contribution >= 0.6 is 0 Å². The fourth-order valence-electron chi connectivity index (χ4n) is 3.11. The van der Waals surface area contributed by atoms with Crippen LogP contribution in [-0.4, -0.2) is 49.7 Å². The Morgan fingerprint density at radius 2 is 1.69 bits per heavy atom. The summed E-state index contributed by atoms with van der Waals surface area (Å²) in [5, 5.41) is 6.27. The highest BCUT2D eigenvalue weighted by molar-refractivity contribution is 7.89. The van der Waals surface area contributed by atoms with Crippen molar-refractivity contribution in [1.29, 1.82) is 0 Å². The minimum atomic E-state index is -3.69. The van der Waals surface area contributed by atoms with Gasteiger partial charge < -0.3 is 20.1 Å². The Hall–Kier alpha value is -3.44. The SMILES string of the molecule is Cc1ccnc(Nc2cc(NCCNS(=O)(=O)c3ccc4c(c3)OCCO4)nc(C)n2)c1. The average Bonchev–Trinajstić information content (AvgIpc) is 2.76. The summed E-state index contributed by atoms with van der Waals surface area (Å²) >= 11 is 0. The van der Waals surface area contributed by atoms with Crippen molar-refractivity contribution in [2.24, 2.45) is 0 Å². The minimum Gasteiger partial charge on any atom is -0.486 e. The van der Waals surface area contributed by atoms with Gasteiger partial charge in [-0.3, -0.25) is 0 Å². The van der Waals surface area contributed by atoms with Gasteiger partial charge in [-0.25, -0.2) is 28.1 Å². The van der Waals surface area contributed by atoms with Gasteiger partial charge in [-0.1, -0.05) is 0 Å². The van der Waals surface area contributed by atoms with Crippen LogP contribution in [0.4, 0.5) is 17.5 Å². The molecule has 0 bridgehead atoms. The van der Waals surface area contributed by atoms with Crippen molar-refractivity contribution in [3.8, 4) is 11.5 Å². The van der Waals surface area contributed by atoms with Crippen LogP contribution in [-0.2, 0) is 10.0 Å². The van der Waals surface area contributed by atoms with E-state index in [0.29, 0.717) is 54.5 Å². The molecule has 3 aromatic rings. The number of fused-ring (bicyclic) bond motifs is 1. The summed E-state index contributed by atoms with van der Waals surface area (Å²) in [5.41, 5.74) is 1.08. The molecule has 11 heteroatoms. The first-order valence-electron chi connectivity index (χ1n) is 10.1. The van der Waals surface area contributed by atoms with E-state index in [-0.39, 0.29) is 11.4 Å².